The third-order valence-corrected chi connectivity index (χ3v) is 2.62. The largest absolute Gasteiger partial charge is 0.497 e. The summed E-state index contributed by atoms with van der Waals surface area (Å²) < 4.78 is 10.7. The molecule has 17 heavy (non-hydrogen) atoms. The Morgan fingerprint density at radius 3 is 2.35 bits per heavy atom. The molecule has 0 aliphatic carbocycles. The van der Waals surface area contributed by atoms with Crippen molar-refractivity contribution in [2.45, 2.75) is 32.3 Å². The van der Waals surface area contributed by atoms with Crippen LogP contribution in [0.1, 0.15) is 31.2 Å². The molecule has 1 aromatic rings. The van der Waals surface area contributed by atoms with Gasteiger partial charge < -0.3 is 14.6 Å². The fourth-order valence-corrected chi connectivity index (χ4v) is 1.58. The van der Waals surface area contributed by atoms with Crippen LogP contribution in [0.15, 0.2) is 24.3 Å². The molecule has 1 rings (SSSR count). The molecule has 0 saturated carbocycles. The lowest BCUT2D eigenvalue weighted by atomic mass is 10.2. The Kier molecular flexibility index (Phi) is 7.43. The summed E-state index contributed by atoms with van der Waals surface area (Å²) in [4.78, 5) is 0. The second-order valence-corrected chi connectivity index (χ2v) is 4.04. The van der Waals surface area contributed by atoms with E-state index >= 15 is 0 Å². The van der Waals surface area contributed by atoms with E-state index in [4.69, 9.17) is 14.6 Å². The summed E-state index contributed by atoms with van der Waals surface area (Å²) in [6.07, 6.45) is 4.18. The van der Waals surface area contributed by atoms with Gasteiger partial charge in [0.05, 0.1) is 13.7 Å². The van der Waals surface area contributed by atoms with Crippen LogP contribution < -0.4 is 4.74 Å². The van der Waals surface area contributed by atoms with Gasteiger partial charge in [-0.25, -0.2) is 0 Å². The molecule has 0 fully saturated rings. The average Bonchev–Trinajstić information content (AvgIpc) is 2.38. The summed E-state index contributed by atoms with van der Waals surface area (Å²) in [5.41, 5.74) is 1.17. The first-order valence-electron chi connectivity index (χ1n) is 6.18. The number of benzene rings is 1. The molecule has 3 heteroatoms. The summed E-state index contributed by atoms with van der Waals surface area (Å²) >= 11 is 0. The summed E-state index contributed by atoms with van der Waals surface area (Å²) in [5.74, 6) is 0.873. The Hall–Kier alpha value is -1.06. The van der Waals surface area contributed by atoms with Gasteiger partial charge in [0.15, 0.2) is 0 Å². The molecule has 0 atom stereocenters. The lowest BCUT2D eigenvalue weighted by molar-refractivity contribution is 0.116. The van der Waals surface area contributed by atoms with Gasteiger partial charge in [0.25, 0.3) is 0 Å². The van der Waals surface area contributed by atoms with Gasteiger partial charge in [0.2, 0.25) is 0 Å². The number of aliphatic hydroxyl groups is 1. The van der Waals surface area contributed by atoms with Crippen LogP contribution in [0.25, 0.3) is 0 Å². The molecule has 96 valence electrons. The summed E-state index contributed by atoms with van der Waals surface area (Å²) in [5, 5.41) is 8.62. The van der Waals surface area contributed by atoms with Crippen molar-refractivity contribution in [3.63, 3.8) is 0 Å². The van der Waals surface area contributed by atoms with Gasteiger partial charge >= 0.3 is 0 Å². The first kappa shape index (κ1) is 14.0. The van der Waals surface area contributed by atoms with Crippen LogP contribution in [0.5, 0.6) is 5.75 Å². The quantitative estimate of drug-likeness (QED) is 0.672. The molecule has 0 heterocycles. The van der Waals surface area contributed by atoms with Crippen molar-refractivity contribution in [1.82, 2.24) is 0 Å². The molecule has 1 N–H and O–H groups in total. The zero-order chi connectivity index (χ0) is 12.3. The molecule has 0 amide bonds. The highest BCUT2D eigenvalue weighted by Crippen LogP contribution is 2.12. The first-order valence-corrected chi connectivity index (χ1v) is 6.18. The van der Waals surface area contributed by atoms with Gasteiger partial charge in [-0.3, -0.25) is 0 Å². The molecule has 0 saturated heterocycles. The third-order valence-electron chi connectivity index (χ3n) is 2.62. The van der Waals surface area contributed by atoms with E-state index in [1.54, 1.807) is 7.11 Å². The fourth-order valence-electron chi connectivity index (χ4n) is 1.58. The van der Waals surface area contributed by atoms with Crippen molar-refractivity contribution in [2.24, 2.45) is 0 Å². The number of hydrogen-bond acceptors (Lipinski definition) is 3. The van der Waals surface area contributed by atoms with Crippen LogP contribution in [0.4, 0.5) is 0 Å². The highest BCUT2D eigenvalue weighted by molar-refractivity contribution is 5.26. The third kappa shape index (κ3) is 6.29. The number of rotatable bonds is 9. The van der Waals surface area contributed by atoms with Crippen molar-refractivity contribution < 1.29 is 14.6 Å². The zero-order valence-corrected chi connectivity index (χ0v) is 10.5. The molecule has 0 radical (unpaired) electrons. The average molecular weight is 238 g/mol. The second kappa shape index (κ2) is 9.02. The monoisotopic (exact) mass is 238 g/mol. The first-order chi connectivity index (χ1) is 8.36. The summed E-state index contributed by atoms with van der Waals surface area (Å²) in [7, 11) is 1.66. The Balaban J connectivity index is 2.05. The maximum Gasteiger partial charge on any atom is 0.118 e. The predicted octanol–water partition coefficient (Wildman–Crippen LogP) is 2.76. The lowest BCUT2D eigenvalue weighted by Gasteiger charge is -2.05. The van der Waals surface area contributed by atoms with Gasteiger partial charge in [0, 0.05) is 13.2 Å². The second-order valence-electron chi connectivity index (χ2n) is 4.04. The van der Waals surface area contributed by atoms with Gasteiger partial charge in [-0.1, -0.05) is 25.0 Å². The highest BCUT2D eigenvalue weighted by atomic mass is 16.5. The fraction of sp³-hybridized carbons (Fsp3) is 0.571. The standard InChI is InChI=1S/C14H22O3/c1-16-14-8-6-13(7-9-14)12-17-11-5-3-2-4-10-15/h6-9,15H,2-5,10-12H2,1H3. The number of aliphatic hydroxyl groups excluding tert-OH is 1. The van der Waals surface area contributed by atoms with Crippen LogP contribution in [0, 0.1) is 0 Å². The van der Waals surface area contributed by atoms with Crippen LogP contribution in [-0.4, -0.2) is 25.4 Å². The molecule has 0 aromatic heterocycles. The van der Waals surface area contributed by atoms with E-state index in [1.165, 1.54) is 5.56 Å². The summed E-state index contributed by atoms with van der Waals surface area (Å²) in [6.45, 7) is 1.74. The van der Waals surface area contributed by atoms with Crippen molar-refractivity contribution in [1.29, 1.82) is 0 Å². The van der Waals surface area contributed by atoms with Gasteiger partial charge in [0.1, 0.15) is 5.75 Å². The number of methoxy groups -OCH3 is 1. The van der Waals surface area contributed by atoms with E-state index in [-0.39, 0.29) is 0 Å². The number of unbranched alkanes of at least 4 members (excludes halogenated alkanes) is 3. The van der Waals surface area contributed by atoms with E-state index in [0.29, 0.717) is 13.2 Å². The van der Waals surface area contributed by atoms with Crippen molar-refractivity contribution in [2.75, 3.05) is 20.3 Å². The topological polar surface area (TPSA) is 38.7 Å². The molecular formula is C14H22O3. The molecular weight excluding hydrogens is 216 g/mol. The van der Waals surface area contributed by atoms with E-state index in [0.717, 1.165) is 38.0 Å². The van der Waals surface area contributed by atoms with E-state index in [2.05, 4.69) is 0 Å². The Bertz CT molecular complexity index is 282. The number of ether oxygens (including phenoxy) is 2. The van der Waals surface area contributed by atoms with Crippen LogP contribution in [-0.2, 0) is 11.3 Å². The van der Waals surface area contributed by atoms with Crippen LogP contribution in [0.3, 0.4) is 0 Å². The highest BCUT2D eigenvalue weighted by Gasteiger charge is 1.95. The predicted molar refractivity (Wildman–Crippen MR) is 68.2 cm³/mol. The molecule has 1 aromatic carbocycles. The van der Waals surface area contributed by atoms with Gasteiger partial charge in [-0.2, -0.15) is 0 Å². The lowest BCUT2D eigenvalue weighted by Crippen LogP contribution is -1.96. The van der Waals surface area contributed by atoms with Gasteiger partial charge in [-0.15, -0.1) is 0 Å². The van der Waals surface area contributed by atoms with Crippen LogP contribution >= 0.6 is 0 Å². The van der Waals surface area contributed by atoms with Gasteiger partial charge in [-0.05, 0) is 30.5 Å². The number of hydrogen-bond donors (Lipinski definition) is 1. The van der Waals surface area contributed by atoms with E-state index in [1.807, 2.05) is 24.3 Å². The molecule has 0 unspecified atom stereocenters. The van der Waals surface area contributed by atoms with Crippen molar-refractivity contribution in [3.8, 4) is 5.75 Å². The molecule has 0 spiro atoms. The Morgan fingerprint density at radius 2 is 1.71 bits per heavy atom. The van der Waals surface area contributed by atoms with E-state index in [9.17, 15) is 0 Å². The minimum absolute atomic E-state index is 0.298. The Labute approximate surface area is 103 Å². The molecule has 0 aliphatic rings. The molecule has 3 nitrogen and oxygen atoms in total. The maximum atomic E-state index is 8.62. The molecule has 0 bridgehead atoms. The smallest absolute Gasteiger partial charge is 0.118 e. The van der Waals surface area contributed by atoms with Crippen molar-refractivity contribution in [3.05, 3.63) is 29.8 Å². The zero-order valence-electron chi connectivity index (χ0n) is 10.5. The minimum atomic E-state index is 0.298. The normalized spacial score (nSPS) is 10.5. The molecule has 0 aliphatic heterocycles. The van der Waals surface area contributed by atoms with Crippen molar-refractivity contribution >= 4 is 0 Å². The van der Waals surface area contributed by atoms with E-state index < -0.39 is 0 Å². The Morgan fingerprint density at radius 1 is 1.00 bits per heavy atom. The maximum absolute atomic E-state index is 8.62. The SMILES string of the molecule is COc1ccc(COCCCCCCO)cc1. The summed E-state index contributed by atoms with van der Waals surface area (Å²) in [6, 6.07) is 7.93. The minimum Gasteiger partial charge on any atom is -0.497 e. The van der Waals surface area contributed by atoms with Crippen LogP contribution in [0.2, 0.25) is 0 Å².